The van der Waals surface area contributed by atoms with Crippen LogP contribution in [0.1, 0.15) is 26.2 Å². The quantitative estimate of drug-likeness (QED) is 0.507. The first-order chi connectivity index (χ1) is 13.7. The molecular formula is C19H29Cl2N3O3S2. The number of carbonyl (C=O) groups is 1. The summed E-state index contributed by atoms with van der Waals surface area (Å²) in [5.74, 6) is 0.610. The Labute approximate surface area is 188 Å². The maximum Gasteiger partial charge on any atom is 0.242 e. The summed E-state index contributed by atoms with van der Waals surface area (Å²) in [6, 6.07) is 3.35. The smallest absolute Gasteiger partial charge is 0.242 e. The molecule has 2 unspecified atom stereocenters. The van der Waals surface area contributed by atoms with Crippen molar-refractivity contribution < 1.29 is 13.2 Å². The monoisotopic (exact) mass is 481 g/mol. The van der Waals surface area contributed by atoms with Crippen LogP contribution in [0.15, 0.2) is 23.1 Å². The molecule has 1 heterocycles. The second kappa shape index (κ2) is 11.8. The van der Waals surface area contributed by atoms with Gasteiger partial charge < -0.3 is 10.2 Å². The van der Waals surface area contributed by atoms with Crippen molar-refractivity contribution >= 4 is 50.9 Å². The summed E-state index contributed by atoms with van der Waals surface area (Å²) in [4.78, 5) is 15.0. The topological polar surface area (TPSA) is 78.5 Å². The summed E-state index contributed by atoms with van der Waals surface area (Å²) in [5, 5.41) is 3.22. The molecule has 29 heavy (non-hydrogen) atoms. The minimum atomic E-state index is -3.99. The summed E-state index contributed by atoms with van der Waals surface area (Å²) in [7, 11) is -3.99. The predicted octanol–water partition coefficient (Wildman–Crippen LogP) is 3.24. The van der Waals surface area contributed by atoms with Crippen LogP contribution in [-0.4, -0.2) is 63.5 Å². The summed E-state index contributed by atoms with van der Waals surface area (Å²) in [6.07, 6.45) is 4.74. The Balaban J connectivity index is 2.01. The Kier molecular flexibility index (Phi) is 10.0. The Morgan fingerprint density at radius 3 is 2.62 bits per heavy atom. The highest BCUT2D eigenvalue weighted by Crippen LogP contribution is 2.25. The third-order valence-corrected chi connectivity index (χ3v) is 7.63. The Morgan fingerprint density at radius 2 is 1.97 bits per heavy atom. The Morgan fingerprint density at radius 1 is 1.28 bits per heavy atom. The lowest BCUT2D eigenvalue weighted by molar-refractivity contribution is -0.122. The van der Waals surface area contributed by atoms with E-state index in [1.807, 2.05) is 6.26 Å². The standard InChI is InChI=1S/C19H29Cl2N3O3S2/c1-14(13-24-8-3-4-9-24)12-22-19(25)17(7-10-28-2)23-29(26,27)18-11-15(20)5-6-16(18)21/h5-6,11,14,17,23H,3-4,7-10,12-13H2,1-2H3,(H,22,25). The Hall–Kier alpha value is -0.510. The molecule has 1 aliphatic rings. The van der Waals surface area contributed by atoms with Gasteiger partial charge >= 0.3 is 0 Å². The molecule has 0 spiro atoms. The maximum absolute atomic E-state index is 12.8. The predicted molar refractivity (Wildman–Crippen MR) is 121 cm³/mol. The van der Waals surface area contributed by atoms with Crippen molar-refractivity contribution in [1.29, 1.82) is 0 Å². The van der Waals surface area contributed by atoms with Gasteiger partial charge in [0.05, 0.1) is 5.02 Å². The van der Waals surface area contributed by atoms with Crippen LogP contribution >= 0.6 is 35.0 Å². The van der Waals surface area contributed by atoms with Crippen LogP contribution in [0.25, 0.3) is 0 Å². The number of thioether (sulfide) groups is 1. The van der Waals surface area contributed by atoms with E-state index in [9.17, 15) is 13.2 Å². The van der Waals surface area contributed by atoms with Crippen molar-refractivity contribution in [2.24, 2.45) is 5.92 Å². The van der Waals surface area contributed by atoms with Crippen LogP contribution in [0.4, 0.5) is 0 Å². The molecule has 1 fully saturated rings. The van der Waals surface area contributed by atoms with Crippen LogP contribution in [0, 0.1) is 5.92 Å². The SMILES string of the molecule is CSCCC(NS(=O)(=O)c1cc(Cl)ccc1Cl)C(=O)NCC(C)CN1CCCC1. The number of nitrogens with zero attached hydrogens (tertiary/aromatic N) is 1. The van der Waals surface area contributed by atoms with Gasteiger partial charge in [-0.2, -0.15) is 16.5 Å². The van der Waals surface area contributed by atoms with Crippen molar-refractivity contribution in [2.75, 3.05) is 38.2 Å². The molecule has 1 saturated heterocycles. The van der Waals surface area contributed by atoms with E-state index in [0.29, 0.717) is 18.7 Å². The second-order valence-electron chi connectivity index (χ2n) is 7.39. The molecule has 0 bridgehead atoms. The molecule has 164 valence electrons. The first-order valence-corrected chi connectivity index (χ1v) is 13.3. The van der Waals surface area contributed by atoms with Gasteiger partial charge in [0.1, 0.15) is 10.9 Å². The van der Waals surface area contributed by atoms with Crippen LogP contribution in [-0.2, 0) is 14.8 Å². The molecule has 2 atom stereocenters. The zero-order valence-electron chi connectivity index (χ0n) is 16.8. The normalized spacial score (nSPS) is 17.2. The molecule has 2 rings (SSSR count). The molecule has 0 aliphatic carbocycles. The van der Waals surface area contributed by atoms with Gasteiger partial charge in [0.25, 0.3) is 0 Å². The van der Waals surface area contributed by atoms with Gasteiger partial charge in [-0.05, 0) is 68.5 Å². The van der Waals surface area contributed by atoms with E-state index >= 15 is 0 Å². The summed E-state index contributed by atoms with van der Waals surface area (Å²) < 4.78 is 28.1. The highest BCUT2D eigenvalue weighted by Gasteiger charge is 2.27. The third kappa shape index (κ3) is 7.92. The number of carbonyl (C=O) groups excluding carboxylic acids is 1. The zero-order valence-corrected chi connectivity index (χ0v) is 19.9. The molecule has 2 N–H and O–H groups in total. The molecule has 0 aromatic heterocycles. The average Bonchev–Trinajstić information content (AvgIpc) is 3.17. The molecule has 1 aromatic carbocycles. The van der Waals surface area contributed by atoms with E-state index in [1.54, 1.807) is 11.8 Å². The van der Waals surface area contributed by atoms with E-state index in [4.69, 9.17) is 23.2 Å². The number of amides is 1. The van der Waals surface area contributed by atoms with Gasteiger partial charge in [0, 0.05) is 18.1 Å². The Bertz CT molecular complexity index is 787. The summed E-state index contributed by atoms with van der Waals surface area (Å²) in [5.41, 5.74) is 0. The number of hydrogen-bond acceptors (Lipinski definition) is 5. The third-order valence-electron chi connectivity index (χ3n) is 4.80. The molecular weight excluding hydrogens is 453 g/mol. The minimum absolute atomic E-state index is 0.0603. The van der Waals surface area contributed by atoms with Gasteiger partial charge in [0.2, 0.25) is 15.9 Å². The summed E-state index contributed by atoms with van der Waals surface area (Å²) in [6.45, 7) is 5.74. The molecule has 6 nitrogen and oxygen atoms in total. The number of hydrogen-bond donors (Lipinski definition) is 2. The highest BCUT2D eigenvalue weighted by molar-refractivity contribution is 7.98. The van der Waals surface area contributed by atoms with Crippen LogP contribution in [0.2, 0.25) is 10.0 Å². The molecule has 1 aromatic rings. The van der Waals surface area contributed by atoms with Gasteiger partial charge in [-0.15, -0.1) is 0 Å². The van der Waals surface area contributed by atoms with Crippen molar-refractivity contribution in [1.82, 2.24) is 14.9 Å². The average molecular weight is 482 g/mol. The fraction of sp³-hybridized carbons (Fsp3) is 0.632. The lowest BCUT2D eigenvalue weighted by atomic mass is 10.1. The molecule has 1 amide bonds. The van der Waals surface area contributed by atoms with Gasteiger partial charge in [-0.25, -0.2) is 8.42 Å². The van der Waals surface area contributed by atoms with Crippen molar-refractivity contribution in [3.8, 4) is 0 Å². The maximum atomic E-state index is 12.8. The lowest BCUT2D eigenvalue weighted by Gasteiger charge is -2.23. The van der Waals surface area contributed by atoms with E-state index in [-0.39, 0.29) is 26.8 Å². The van der Waals surface area contributed by atoms with Gasteiger partial charge in [-0.1, -0.05) is 30.1 Å². The summed E-state index contributed by atoms with van der Waals surface area (Å²) >= 11 is 13.5. The molecule has 1 aliphatic heterocycles. The first kappa shape index (κ1) is 24.8. The number of benzene rings is 1. The number of halogens is 2. The molecule has 0 radical (unpaired) electrons. The van der Waals surface area contributed by atoms with Crippen LogP contribution in [0.5, 0.6) is 0 Å². The van der Waals surface area contributed by atoms with Gasteiger partial charge in [-0.3, -0.25) is 4.79 Å². The molecule has 10 heteroatoms. The first-order valence-electron chi connectivity index (χ1n) is 9.69. The largest absolute Gasteiger partial charge is 0.354 e. The van der Waals surface area contributed by atoms with E-state index in [0.717, 1.165) is 19.6 Å². The van der Waals surface area contributed by atoms with Crippen molar-refractivity contribution in [3.63, 3.8) is 0 Å². The van der Waals surface area contributed by atoms with Gasteiger partial charge in [0.15, 0.2) is 0 Å². The van der Waals surface area contributed by atoms with Crippen LogP contribution in [0.3, 0.4) is 0 Å². The number of rotatable bonds is 11. The second-order valence-corrected chi connectivity index (χ2v) is 10.9. The van der Waals surface area contributed by atoms with Crippen molar-refractivity contribution in [2.45, 2.75) is 37.1 Å². The van der Waals surface area contributed by atoms with E-state index in [1.165, 1.54) is 31.0 Å². The minimum Gasteiger partial charge on any atom is -0.354 e. The van der Waals surface area contributed by atoms with E-state index in [2.05, 4.69) is 21.9 Å². The number of nitrogens with one attached hydrogen (secondary N) is 2. The highest BCUT2D eigenvalue weighted by atomic mass is 35.5. The number of sulfonamides is 1. The zero-order chi connectivity index (χ0) is 21.4. The van der Waals surface area contributed by atoms with Crippen LogP contribution < -0.4 is 10.0 Å². The fourth-order valence-electron chi connectivity index (χ4n) is 3.28. The lowest BCUT2D eigenvalue weighted by Crippen LogP contribution is -2.48. The molecule has 0 saturated carbocycles. The van der Waals surface area contributed by atoms with E-state index < -0.39 is 16.1 Å². The number of likely N-dealkylation sites (tertiary alicyclic amines) is 1. The van der Waals surface area contributed by atoms with Crippen molar-refractivity contribution in [3.05, 3.63) is 28.2 Å². The fourth-order valence-corrected chi connectivity index (χ4v) is 5.75.